The fraction of sp³-hybridized carbons (Fsp3) is 0.538. The molecule has 2 N–H and O–H groups in total. The third-order valence-electron chi connectivity index (χ3n) is 3.34. The Labute approximate surface area is 139 Å². The Hall–Kier alpha value is 0.0200. The van der Waals surface area contributed by atoms with Gasteiger partial charge in [-0.05, 0) is 36.3 Å². The maximum atomic E-state index is 12.3. The third kappa shape index (κ3) is 4.50. The Morgan fingerprint density at radius 3 is 2.67 bits per heavy atom. The molecule has 1 aliphatic heterocycles. The van der Waals surface area contributed by atoms with Crippen molar-refractivity contribution in [2.24, 2.45) is 0 Å². The van der Waals surface area contributed by atoms with E-state index in [9.17, 15) is 13.5 Å². The maximum absolute atomic E-state index is 12.3. The monoisotopic (exact) mass is 369 g/mol. The van der Waals surface area contributed by atoms with Gasteiger partial charge in [-0.3, -0.25) is 0 Å². The normalized spacial score (nSPS) is 19.7. The number of benzene rings is 1. The van der Waals surface area contributed by atoms with Gasteiger partial charge in [0.1, 0.15) is 4.90 Å². The Morgan fingerprint density at radius 2 is 2.05 bits per heavy atom. The van der Waals surface area contributed by atoms with Crippen molar-refractivity contribution in [2.45, 2.75) is 36.0 Å². The largest absolute Gasteiger partial charge is 0.392 e. The van der Waals surface area contributed by atoms with Crippen molar-refractivity contribution in [1.82, 2.24) is 4.72 Å². The Kier molecular flexibility index (Phi) is 6.23. The van der Waals surface area contributed by atoms with Crippen molar-refractivity contribution < 1.29 is 13.5 Å². The van der Waals surface area contributed by atoms with Crippen LogP contribution in [0.2, 0.25) is 10.0 Å². The molecule has 1 aliphatic rings. The quantitative estimate of drug-likeness (QED) is 0.836. The van der Waals surface area contributed by atoms with Crippen molar-refractivity contribution in [3.05, 3.63) is 27.7 Å². The zero-order chi connectivity index (χ0) is 15.5. The van der Waals surface area contributed by atoms with Gasteiger partial charge in [0.25, 0.3) is 0 Å². The van der Waals surface area contributed by atoms with Crippen LogP contribution < -0.4 is 4.72 Å². The minimum Gasteiger partial charge on any atom is -0.392 e. The van der Waals surface area contributed by atoms with Gasteiger partial charge in [0.05, 0.1) is 11.6 Å². The number of aliphatic hydroxyl groups is 1. The lowest BCUT2D eigenvalue weighted by atomic mass is 10.2. The summed E-state index contributed by atoms with van der Waals surface area (Å²) in [7, 11) is -3.70. The van der Waals surface area contributed by atoms with Crippen molar-refractivity contribution >= 4 is 45.0 Å². The second kappa shape index (κ2) is 7.53. The predicted octanol–water partition coefficient (Wildman–Crippen LogP) is 3.05. The van der Waals surface area contributed by atoms with Gasteiger partial charge in [0.2, 0.25) is 10.0 Å². The molecule has 1 saturated heterocycles. The lowest BCUT2D eigenvalue weighted by Crippen LogP contribution is -2.32. The minimum atomic E-state index is -3.70. The summed E-state index contributed by atoms with van der Waals surface area (Å²) >= 11 is 13.7. The van der Waals surface area contributed by atoms with Gasteiger partial charge in [-0.1, -0.05) is 29.6 Å². The summed E-state index contributed by atoms with van der Waals surface area (Å²) in [6.45, 7) is 0.0530. The van der Waals surface area contributed by atoms with Gasteiger partial charge in [0, 0.05) is 16.8 Å². The van der Waals surface area contributed by atoms with Crippen LogP contribution in [0, 0.1) is 0 Å². The Morgan fingerprint density at radius 1 is 1.29 bits per heavy atom. The topological polar surface area (TPSA) is 66.4 Å². The minimum absolute atomic E-state index is 0.0431. The fourth-order valence-corrected chi connectivity index (χ4v) is 5.43. The summed E-state index contributed by atoms with van der Waals surface area (Å²) < 4.78 is 27.3. The molecule has 1 atom stereocenters. The van der Waals surface area contributed by atoms with Crippen LogP contribution >= 0.6 is 35.0 Å². The highest BCUT2D eigenvalue weighted by molar-refractivity contribution is 8.00. The summed E-state index contributed by atoms with van der Waals surface area (Å²) in [6, 6.07) is 2.67. The van der Waals surface area contributed by atoms with Crippen molar-refractivity contribution in [2.75, 3.05) is 12.3 Å². The second-order valence-corrected chi connectivity index (χ2v) is 8.83. The molecule has 1 heterocycles. The van der Waals surface area contributed by atoms with Crippen molar-refractivity contribution in [3.8, 4) is 0 Å². The van der Waals surface area contributed by atoms with Crippen LogP contribution in [0.5, 0.6) is 0 Å². The molecule has 21 heavy (non-hydrogen) atoms. The van der Waals surface area contributed by atoms with E-state index in [4.69, 9.17) is 23.2 Å². The van der Waals surface area contributed by atoms with Crippen LogP contribution in [-0.4, -0.2) is 31.1 Å². The van der Waals surface area contributed by atoms with Crippen LogP contribution in [0.15, 0.2) is 17.0 Å². The summed E-state index contributed by atoms with van der Waals surface area (Å²) in [6.07, 6.45) is 3.34. The number of thioether (sulfide) groups is 1. The fourth-order valence-electron chi connectivity index (χ4n) is 2.15. The van der Waals surface area contributed by atoms with Gasteiger partial charge in [-0.15, -0.1) is 0 Å². The smallest absolute Gasteiger partial charge is 0.242 e. The van der Waals surface area contributed by atoms with E-state index in [1.807, 2.05) is 0 Å². The molecule has 0 radical (unpaired) electrons. The molecule has 0 saturated carbocycles. The third-order valence-corrected chi connectivity index (χ3v) is 6.97. The molecule has 118 valence electrons. The molecule has 0 aliphatic carbocycles. The van der Waals surface area contributed by atoms with E-state index >= 15 is 0 Å². The molecule has 1 aromatic rings. The Balaban J connectivity index is 2.15. The molecule has 2 rings (SSSR count). The molecule has 1 fully saturated rings. The number of aliphatic hydroxyl groups excluding tert-OH is 1. The number of nitrogens with one attached hydrogen (secondary N) is 1. The first-order valence-electron chi connectivity index (χ1n) is 6.64. The highest BCUT2D eigenvalue weighted by atomic mass is 35.5. The summed E-state index contributed by atoms with van der Waals surface area (Å²) in [5.74, 6) is 1.07. The standard InChI is InChI=1S/C13H17Cl2NO3S2/c14-11-6-12(15)13(5-9(11)8-17)21(18,19)16-7-10-3-1-2-4-20-10/h5-6,10,16-17H,1-4,7-8H2. The van der Waals surface area contributed by atoms with Gasteiger partial charge in [0.15, 0.2) is 0 Å². The van der Waals surface area contributed by atoms with E-state index in [1.165, 1.54) is 18.6 Å². The number of hydrogen-bond donors (Lipinski definition) is 2. The van der Waals surface area contributed by atoms with Gasteiger partial charge < -0.3 is 5.11 Å². The molecular formula is C13H17Cl2NO3S2. The first-order chi connectivity index (χ1) is 9.94. The highest BCUT2D eigenvalue weighted by Gasteiger charge is 2.22. The maximum Gasteiger partial charge on any atom is 0.242 e. The first kappa shape index (κ1) is 17.4. The lowest BCUT2D eigenvalue weighted by molar-refractivity contribution is 0.281. The lowest BCUT2D eigenvalue weighted by Gasteiger charge is -2.21. The molecule has 4 nitrogen and oxygen atoms in total. The van der Waals surface area contributed by atoms with E-state index in [0.29, 0.717) is 17.4 Å². The van der Waals surface area contributed by atoms with Gasteiger partial charge in [-0.25, -0.2) is 13.1 Å². The van der Waals surface area contributed by atoms with Crippen LogP contribution in [0.25, 0.3) is 0 Å². The van der Waals surface area contributed by atoms with E-state index in [-0.39, 0.29) is 21.5 Å². The summed E-state index contributed by atoms with van der Waals surface area (Å²) in [5, 5.41) is 9.80. The number of sulfonamides is 1. The zero-order valence-corrected chi connectivity index (χ0v) is 14.5. The number of rotatable bonds is 5. The SMILES string of the molecule is O=S(=O)(NCC1CCCCS1)c1cc(CO)c(Cl)cc1Cl. The van der Waals surface area contributed by atoms with E-state index in [1.54, 1.807) is 11.8 Å². The highest BCUT2D eigenvalue weighted by Crippen LogP contribution is 2.29. The van der Waals surface area contributed by atoms with E-state index in [0.717, 1.165) is 18.6 Å². The predicted molar refractivity (Wildman–Crippen MR) is 87.7 cm³/mol. The van der Waals surface area contributed by atoms with Crippen LogP contribution in [-0.2, 0) is 16.6 Å². The molecule has 8 heteroatoms. The van der Waals surface area contributed by atoms with E-state index < -0.39 is 10.0 Å². The molecule has 1 aromatic carbocycles. The van der Waals surface area contributed by atoms with Crippen LogP contribution in [0.1, 0.15) is 24.8 Å². The number of halogens is 2. The van der Waals surface area contributed by atoms with E-state index in [2.05, 4.69) is 4.72 Å². The molecule has 0 spiro atoms. The molecule has 0 bridgehead atoms. The molecule has 1 unspecified atom stereocenters. The zero-order valence-electron chi connectivity index (χ0n) is 11.3. The van der Waals surface area contributed by atoms with Crippen LogP contribution in [0.3, 0.4) is 0 Å². The average molecular weight is 370 g/mol. The first-order valence-corrected chi connectivity index (χ1v) is 9.93. The number of hydrogen-bond acceptors (Lipinski definition) is 4. The second-order valence-electron chi connectivity index (χ2n) is 4.87. The summed E-state index contributed by atoms with van der Waals surface area (Å²) in [4.78, 5) is -0.0431. The van der Waals surface area contributed by atoms with Crippen molar-refractivity contribution in [3.63, 3.8) is 0 Å². The van der Waals surface area contributed by atoms with Crippen molar-refractivity contribution in [1.29, 1.82) is 0 Å². The van der Waals surface area contributed by atoms with Gasteiger partial charge in [-0.2, -0.15) is 11.8 Å². The molecular weight excluding hydrogens is 353 g/mol. The average Bonchev–Trinajstić information content (AvgIpc) is 2.46. The summed E-state index contributed by atoms with van der Waals surface area (Å²) in [5.41, 5.74) is 0.341. The molecule has 0 aromatic heterocycles. The van der Waals surface area contributed by atoms with Crippen LogP contribution in [0.4, 0.5) is 0 Å². The Bertz CT molecular complexity index is 602. The molecule has 0 amide bonds. The van der Waals surface area contributed by atoms with Gasteiger partial charge >= 0.3 is 0 Å².